The van der Waals surface area contributed by atoms with Crippen molar-refractivity contribution >= 4 is 11.8 Å². The van der Waals surface area contributed by atoms with Gasteiger partial charge in [-0.3, -0.25) is 9.59 Å². The van der Waals surface area contributed by atoms with E-state index < -0.39 is 17.7 Å². The number of fused-ring (bicyclic) bond motifs is 1. The van der Waals surface area contributed by atoms with Crippen LogP contribution < -0.4 is 0 Å². The van der Waals surface area contributed by atoms with Gasteiger partial charge in [0.05, 0.1) is 5.92 Å². The molecule has 0 bridgehead atoms. The van der Waals surface area contributed by atoms with E-state index in [1.165, 1.54) is 18.2 Å². The number of carboxylic acid groups (broad SMARTS) is 1. The quantitative estimate of drug-likeness (QED) is 0.763. The molecule has 78 valence electrons. The van der Waals surface area contributed by atoms with E-state index in [1.54, 1.807) is 0 Å². The van der Waals surface area contributed by atoms with Crippen LogP contribution in [0.5, 0.6) is 0 Å². The third kappa shape index (κ3) is 1.75. The summed E-state index contributed by atoms with van der Waals surface area (Å²) in [5, 5.41) is 8.81. The Hall–Kier alpha value is -1.71. The SMILES string of the molecule is O=C1CC(C(=O)O)Cc2ccc(F)cc21. The highest BCUT2D eigenvalue weighted by molar-refractivity contribution is 6.00. The second-order valence-corrected chi connectivity index (χ2v) is 3.67. The second-order valence-electron chi connectivity index (χ2n) is 3.67. The Labute approximate surface area is 85.5 Å². The molecule has 1 N–H and O–H groups in total. The summed E-state index contributed by atoms with van der Waals surface area (Å²) < 4.78 is 12.9. The van der Waals surface area contributed by atoms with Gasteiger partial charge in [0.1, 0.15) is 5.82 Å². The number of halogens is 1. The number of Topliss-reactive ketones (excluding diaryl/α,β-unsaturated/α-hetero) is 1. The van der Waals surface area contributed by atoms with E-state index in [-0.39, 0.29) is 12.2 Å². The van der Waals surface area contributed by atoms with Crippen molar-refractivity contribution in [1.82, 2.24) is 0 Å². The predicted octanol–water partition coefficient (Wildman–Crippen LogP) is 1.66. The van der Waals surface area contributed by atoms with Gasteiger partial charge in [-0.2, -0.15) is 0 Å². The summed E-state index contributed by atoms with van der Waals surface area (Å²) in [5.41, 5.74) is 0.951. The van der Waals surface area contributed by atoms with Crippen LogP contribution in [0.4, 0.5) is 4.39 Å². The van der Waals surface area contributed by atoms with Crippen molar-refractivity contribution in [2.45, 2.75) is 12.8 Å². The van der Waals surface area contributed by atoms with Crippen LogP contribution in [0.2, 0.25) is 0 Å². The first kappa shape index (κ1) is 9.83. The fourth-order valence-corrected chi connectivity index (χ4v) is 1.83. The maximum Gasteiger partial charge on any atom is 0.307 e. The van der Waals surface area contributed by atoms with Crippen molar-refractivity contribution in [2.24, 2.45) is 5.92 Å². The summed E-state index contributed by atoms with van der Waals surface area (Å²) in [5.74, 6) is -2.40. The number of carboxylic acids is 1. The zero-order chi connectivity index (χ0) is 11.0. The molecule has 0 fully saturated rings. The predicted molar refractivity (Wildman–Crippen MR) is 50.2 cm³/mol. The Morgan fingerprint density at radius 3 is 2.80 bits per heavy atom. The van der Waals surface area contributed by atoms with Crippen molar-refractivity contribution in [3.63, 3.8) is 0 Å². The van der Waals surface area contributed by atoms with Crippen LogP contribution >= 0.6 is 0 Å². The molecule has 2 rings (SSSR count). The van der Waals surface area contributed by atoms with Gasteiger partial charge >= 0.3 is 5.97 Å². The van der Waals surface area contributed by atoms with E-state index >= 15 is 0 Å². The van der Waals surface area contributed by atoms with Crippen LogP contribution in [0.15, 0.2) is 18.2 Å². The standard InChI is InChI=1S/C11H9FO3/c12-8-2-1-6-3-7(11(14)15)4-10(13)9(6)5-8/h1-2,5,7H,3-4H2,(H,14,15). The van der Waals surface area contributed by atoms with Gasteiger partial charge in [0.25, 0.3) is 0 Å². The maximum atomic E-state index is 12.9. The highest BCUT2D eigenvalue weighted by atomic mass is 19.1. The lowest BCUT2D eigenvalue weighted by Gasteiger charge is -2.20. The van der Waals surface area contributed by atoms with Crippen LogP contribution in [0, 0.1) is 11.7 Å². The zero-order valence-electron chi connectivity index (χ0n) is 7.87. The lowest BCUT2D eigenvalue weighted by Crippen LogP contribution is -2.26. The molecule has 0 radical (unpaired) electrons. The van der Waals surface area contributed by atoms with E-state index in [2.05, 4.69) is 0 Å². The Balaban J connectivity index is 2.41. The smallest absolute Gasteiger partial charge is 0.307 e. The molecule has 3 nitrogen and oxygen atoms in total. The minimum Gasteiger partial charge on any atom is -0.481 e. The minimum atomic E-state index is -0.974. The average molecular weight is 208 g/mol. The lowest BCUT2D eigenvalue weighted by atomic mass is 9.83. The van der Waals surface area contributed by atoms with E-state index in [9.17, 15) is 14.0 Å². The summed E-state index contributed by atoms with van der Waals surface area (Å²) in [6.45, 7) is 0. The first-order chi connectivity index (χ1) is 7.08. The van der Waals surface area contributed by atoms with E-state index in [0.717, 1.165) is 0 Å². The molecule has 0 heterocycles. The van der Waals surface area contributed by atoms with E-state index in [0.29, 0.717) is 17.5 Å². The number of benzene rings is 1. The van der Waals surface area contributed by atoms with Crippen LogP contribution in [0.25, 0.3) is 0 Å². The third-order valence-electron chi connectivity index (χ3n) is 2.62. The number of carbonyl (C=O) groups is 2. The molecule has 4 heteroatoms. The Morgan fingerprint density at radius 1 is 1.40 bits per heavy atom. The molecule has 1 aromatic carbocycles. The molecule has 0 saturated heterocycles. The second kappa shape index (κ2) is 3.46. The monoisotopic (exact) mass is 208 g/mol. The van der Waals surface area contributed by atoms with Gasteiger partial charge in [-0.25, -0.2) is 4.39 Å². The molecular weight excluding hydrogens is 199 g/mol. The molecule has 1 aromatic rings. The van der Waals surface area contributed by atoms with Crippen LogP contribution in [-0.2, 0) is 11.2 Å². The Bertz CT molecular complexity index is 439. The number of carbonyl (C=O) groups excluding carboxylic acids is 1. The zero-order valence-corrected chi connectivity index (χ0v) is 7.87. The minimum absolute atomic E-state index is 0.0359. The number of hydrogen-bond donors (Lipinski definition) is 1. The molecular formula is C11H9FO3. The van der Waals surface area contributed by atoms with Gasteiger partial charge in [-0.1, -0.05) is 6.07 Å². The highest BCUT2D eigenvalue weighted by Gasteiger charge is 2.29. The molecule has 0 saturated carbocycles. The van der Waals surface area contributed by atoms with E-state index in [4.69, 9.17) is 5.11 Å². The average Bonchev–Trinajstić information content (AvgIpc) is 2.18. The van der Waals surface area contributed by atoms with E-state index in [1.807, 2.05) is 0 Å². The molecule has 0 spiro atoms. The fourth-order valence-electron chi connectivity index (χ4n) is 1.83. The summed E-state index contributed by atoms with van der Waals surface area (Å²) in [6.07, 6.45) is 0.266. The van der Waals surface area contributed by atoms with Gasteiger partial charge in [-0.15, -0.1) is 0 Å². The summed E-state index contributed by atoms with van der Waals surface area (Å²) >= 11 is 0. The lowest BCUT2D eigenvalue weighted by molar-refractivity contribution is -0.141. The molecule has 15 heavy (non-hydrogen) atoms. The topological polar surface area (TPSA) is 54.4 Å². The summed E-state index contributed by atoms with van der Waals surface area (Å²) in [7, 11) is 0. The Morgan fingerprint density at radius 2 is 2.13 bits per heavy atom. The third-order valence-corrected chi connectivity index (χ3v) is 2.62. The molecule has 1 atom stereocenters. The fraction of sp³-hybridized carbons (Fsp3) is 0.273. The van der Waals surface area contributed by atoms with Gasteiger partial charge in [0.15, 0.2) is 5.78 Å². The number of rotatable bonds is 1. The van der Waals surface area contributed by atoms with Crippen molar-refractivity contribution in [1.29, 1.82) is 0 Å². The maximum absolute atomic E-state index is 12.9. The number of ketones is 1. The molecule has 1 aliphatic rings. The van der Waals surface area contributed by atoms with Crippen molar-refractivity contribution < 1.29 is 19.1 Å². The summed E-state index contributed by atoms with van der Waals surface area (Å²) in [4.78, 5) is 22.3. The number of aliphatic carboxylic acids is 1. The summed E-state index contributed by atoms with van der Waals surface area (Å²) in [6, 6.07) is 3.91. The van der Waals surface area contributed by atoms with Crippen LogP contribution in [0.3, 0.4) is 0 Å². The largest absolute Gasteiger partial charge is 0.481 e. The molecule has 0 aliphatic heterocycles. The van der Waals surface area contributed by atoms with Crippen LogP contribution in [0.1, 0.15) is 22.3 Å². The van der Waals surface area contributed by atoms with Gasteiger partial charge in [0.2, 0.25) is 0 Å². The highest BCUT2D eigenvalue weighted by Crippen LogP contribution is 2.26. The van der Waals surface area contributed by atoms with Crippen molar-refractivity contribution in [3.05, 3.63) is 35.1 Å². The molecule has 0 aromatic heterocycles. The van der Waals surface area contributed by atoms with Crippen molar-refractivity contribution in [2.75, 3.05) is 0 Å². The van der Waals surface area contributed by atoms with Gasteiger partial charge < -0.3 is 5.11 Å². The van der Waals surface area contributed by atoms with Gasteiger partial charge in [0, 0.05) is 12.0 Å². The molecule has 1 unspecified atom stereocenters. The first-order valence-corrected chi connectivity index (χ1v) is 4.62. The normalized spacial score (nSPS) is 19.8. The Kier molecular flexibility index (Phi) is 2.26. The number of hydrogen-bond acceptors (Lipinski definition) is 2. The van der Waals surface area contributed by atoms with Gasteiger partial charge in [-0.05, 0) is 24.1 Å². The molecule has 1 aliphatic carbocycles. The van der Waals surface area contributed by atoms with Crippen molar-refractivity contribution in [3.8, 4) is 0 Å². The van der Waals surface area contributed by atoms with Crippen LogP contribution in [-0.4, -0.2) is 16.9 Å². The molecule has 0 amide bonds. The first-order valence-electron chi connectivity index (χ1n) is 4.62.